The highest BCUT2D eigenvalue weighted by molar-refractivity contribution is 5.97. The number of carbonyl (C=O) groups is 2. The second kappa shape index (κ2) is 7.97. The van der Waals surface area contributed by atoms with Crippen LogP contribution in [-0.2, 0) is 11.2 Å². The number of aryl methyl sites for hydroxylation is 1. The zero-order valence-electron chi connectivity index (χ0n) is 14.6. The number of rotatable bonds is 5. The fourth-order valence-electron chi connectivity index (χ4n) is 3.24. The van der Waals surface area contributed by atoms with E-state index in [1.165, 1.54) is 0 Å². The highest BCUT2D eigenvalue weighted by Crippen LogP contribution is 2.13. The topological polar surface area (TPSA) is 49.4 Å². The van der Waals surface area contributed by atoms with E-state index in [1.54, 1.807) is 6.07 Å². The maximum atomic E-state index is 12.9. The summed E-state index contributed by atoms with van der Waals surface area (Å²) in [5.41, 5.74) is 2.66. The Bertz CT molecular complexity index is 737. The Morgan fingerprint density at radius 3 is 2.44 bits per heavy atom. The largest absolute Gasteiger partial charge is 0.341 e. The van der Waals surface area contributed by atoms with Crippen molar-refractivity contribution < 1.29 is 9.59 Å². The molecule has 1 saturated heterocycles. The Hall–Kier alpha value is -2.62. The van der Waals surface area contributed by atoms with Crippen molar-refractivity contribution in [2.75, 3.05) is 13.1 Å². The van der Waals surface area contributed by atoms with Crippen molar-refractivity contribution >= 4 is 11.8 Å². The Labute approximate surface area is 148 Å². The Morgan fingerprint density at radius 1 is 1.04 bits per heavy atom. The molecule has 4 heteroatoms. The number of likely N-dealkylation sites (tertiary alicyclic amines) is 1. The highest BCUT2D eigenvalue weighted by Gasteiger charge is 2.28. The molecule has 0 unspecified atom stereocenters. The summed E-state index contributed by atoms with van der Waals surface area (Å²) in [5.74, 6) is -0.181. The highest BCUT2D eigenvalue weighted by atomic mass is 16.2. The van der Waals surface area contributed by atoms with Gasteiger partial charge in [0.1, 0.15) is 6.04 Å². The molecule has 25 heavy (non-hydrogen) atoms. The molecule has 0 radical (unpaired) electrons. The first kappa shape index (κ1) is 17.2. The Kier molecular flexibility index (Phi) is 5.49. The average molecular weight is 336 g/mol. The van der Waals surface area contributed by atoms with Gasteiger partial charge in [0.2, 0.25) is 5.91 Å². The second-order valence-electron chi connectivity index (χ2n) is 6.62. The van der Waals surface area contributed by atoms with E-state index in [0.717, 1.165) is 37.1 Å². The predicted octanol–water partition coefficient (Wildman–Crippen LogP) is 2.96. The SMILES string of the molecule is Cc1cccc(C(=O)N[C@@H](Cc2ccccc2)C(=O)N2CCCC2)c1. The summed E-state index contributed by atoms with van der Waals surface area (Å²) >= 11 is 0. The van der Waals surface area contributed by atoms with Gasteiger partial charge in [-0.1, -0.05) is 48.0 Å². The molecule has 0 saturated carbocycles. The minimum atomic E-state index is -0.534. The van der Waals surface area contributed by atoms with E-state index in [-0.39, 0.29) is 11.8 Å². The summed E-state index contributed by atoms with van der Waals surface area (Å²) in [6.45, 7) is 3.52. The van der Waals surface area contributed by atoms with Gasteiger partial charge in [0.25, 0.3) is 5.91 Å². The standard InChI is InChI=1S/C21H24N2O2/c1-16-8-7-11-18(14-16)20(24)22-19(15-17-9-3-2-4-10-17)21(25)23-12-5-6-13-23/h2-4,7-11,14,19H,5-6,12-13,15H2,1H3,(H,22,24)/t19-/m0/s1. The average Bonchev–Trinajstić information content (AvgIpc) is 3.16. The van der Waals surface area contributed by atoms with Crippen LogP contribution in [0.4, 0.5) is 0 Å². The third-order valence-corrected chi connectivity index (χ3v) is 4.58. The minimum Gasteiger partial charge on any atom is -0.341 e. The predicted molar refractivity (Wildman–Crippen MR) is 98.4 cm³/mol. The third-order valence-electron chi connectivity index (χ3n) is 4.58. The van der Waals surface area contributed by atoms with E-state index >= 15 is 0 Å². The third kappa shape index (κ3) is 4.47. The van der Waals surface area contributed by atoms with Gasteiger partial charge < -0.3 is 10.2 Å². The van der Waals surface area contributed by atoms with Crippen LogP contribution in [0, 0.1) is 6.92 Å². The van der Waals surface area contributed by atoms with Crippen molar-refractivity contribution in [1.82, 2.24) is 10.2 Å². The van der Waals surface area contributed by atoms with Gasteiger partial charge in [-0.25, -0.2) is 0 Å². The van der Waals surface area contributed by atoms with Crippen LogP contribution in [0.15, 0.2) is 54.6 Å². The Morgan fingerprint density at radius 2 is 1.76 bits per heavy atom. The lowest BCUT2D eigenvalue weighted by molar-refractivity contribution is -0.132. The maximum Gasteiger partial charge on any atom is 0.251 e. The molecule has 1 N–H and O–H groups in total. The summed E-state index contributed by atoms with van der Waals surface area (Å²) in [6, 6.07) is 16.7. The number of nitrogens with zero attached hydrogens (tertiary/aromatic N) is 1. The number of amides is 2. The summed E-state index contributed by atoms with van der Waals surface area (Å²) in [5, 5.41) is 2.96. The van der Waals surface area contributed by atoms with Gasteiger partial charge in [-0.2, -0.15) is 0 Å². The van der Waals surface area contributed by atoms with E-state index in [1.807, 2.05) is 60.4 Å². The molecule has 2 aromatic rings. The summed E-state index contributed by atoms with van der Waals surface area (Å²) < 4.78 is 0. The molecular weight excluding hydrogens is 312 g/mol. The number of nitrogens with one attached hydrogen (secondary N) is 1. The van der Waals surface area contributed by atoms with E-state index in [0.29, 0.717) is 12.0 Å². The molecule has 130 valence electrons. The molecule has 1 aliphatic heterocycles. The lowest BCUT2D eigenvalue weighted by Gasteiger charge is -2.24. The van der Waals surface area contributed by atoms with E-state index in [9.17, 15) is 9.59 Å². The van der Waals surface area contributed by atoms with Crippen molar-refractivity contribution in [2.45, 2.75) is 32.2 Å². The molecule has 1 fully saturated rings. The molecule has 0 aromatic heterocycles. The normalized spacial score (nSPS) is 15.0. The summed E-state index contributed by atoms with van der Waals surface area (Å²) in [6.07, 6.45) is 2.58. The van der Waals surface area contributed by atoms with Crippen LogP contribution in [0.25, 0.3) is 0 Å². The maximum absolute atomic E-state index is 12.9. The van der Waals surface area contributed by atoms with Crippen LogP contribution < -0.4 is 5.32 Å². The van der Waals surface area contributed by atoms with E-state index in [2.05, 4.69) is 5.32 Å². The smallest absolute Gasteiger partial charge is 0.251 e. The first-order valence-electron chi connectivity index (χ1n) is 8.84. The zero-order chi connectivity index (χ0) is 17.6. The van der Waals surface area contributed by atoms with Gasteiger partial charge in [-0.15, -0.1) is 0 Å². The van der Waals surface area contributed by atoms with E-state index < -0.39 is 6.04 Å². The van der Waals surface area contributed by atoms with Crippen molar-refractivity contribution in [3.05, 3.63) is 71.3 Å². The first-order valence-corrected chi connectivity index (χ1v) is 8.84. The monoisotopic (exact) mass is 336 g/mol. The molecule has 2 amide bonds. The van der Waals surface area contributed by atoms with Crippen molar-refractivity contribution in [1.29, 1.82) is 0 Å². The van der Waals surface area contributed by atoms with E-state index in [4.69, 9.17) is 0 Å². The van der Waals surface area contributed by atoms with Gasteiger partial charge in [0.05, 0.1) is 0 Å². The molecule has 4 nitrogen and oxygen atoms in total. The van der Waals surface area contributed by atoms with Crippen LogP contribution in [0.1, 0.15) is 34.3 Å². The van der Waals surface area contributed by atoms with Gasteiger partial charge >= 0.3 is 0 Å². The first-order chi connectivity index (χ1) is 12.1. The van der Waals surface area contributed by atoms with Gasteiger partial charge in [-0.05, 0) is 37.5 Å². The van der Waals surface area contributed by atoms with Crippen molar-refractivity contribution in [3.8, 4) is 0 Å². The van der Waals surface area contributed by atoms with Gasteiger partial charge in [-0.3, -0.25) is 9.59 Å². The number of hydrogen-bond donors (Lipinski definition) is 1. The molecule has 1 aliphatic rings. The van der Waals surface area contributed by atoms with Crippen molar-refractivity contribution in [2.24, 2.45) is 0 Å². The van der Waals surface area contributed by atoms with Crippen LogP contribution in [-0.4, -0.2) is 35.8 Å². The second-order valence-corrected chi connectivity index (χ2v) is 6.62. The summed E-state index contributed by atoms with van der Waals surface area (Å²) in [4.78, 5) is 27.4. The number of hydrogen-bond acceptors (Lipinski definition) is 2. The summed E-state index contributed by atoms with van der Waals surface area (Å²) in [7, 11) is 0. The minimum absolute atomic E-state index is 0.0161. The number of benzene rings is 2. The quantitative estimate of drug-likeness (QED) is 0.912. The van der Waals surface area contributed by atoms with Crippen LogP contribution in [0.3, 0.4) is 0 Å². The Balaban J connectivity index is 1.77. The fraction of sp³-hybridized carbons (Fsp3) is 0.333. The van der Waals surface area contributed by atoms with Gasteiger partial charge in [0.15, 0.2) is 0 Å². The zero-order valence-corrected chi connectivity index (χ0v) is 14.6. The van der Waals surface area contributed by atoms with Gasteiger partial charge in [0, 0.05) is 25.1 Å². The lowest BCUT2D eigenvalue weighted by atomic mass is 10.0. The molecule has 3 rings (SSSR count). The molecular formula is C21H24N2O2. The molecule has 0 bridgehead atoms. The van der Waals surface area contributed by atoms with Crippen LogP contribution >= 0.6 is 0 Å². The fourth-order valence-corrected chi connectivity index (χ4v) is 3.24. The van der Waals surface area contributed by atoms with Crippen molar-refractivity contribution in [3.63, 3.8) is 0 Å². The molecule has 1 atom stereocenters. The molecule has 1 heterocycles. The lowest BCUT2D eigenvalue weighted by Crippen LogP contribution is -2.49. The number of carbonyl (C=O) groups excluding carboxylic acids is 2. The van der Waals surface area contributed by atoms with Crippen LogP contribution in [0.2, 0.25) is 0 Å². The van der Waals surface area contributed by atoms with Crippen LogP contribution in [0.5, 0.6) is 0 Å². The molecule has 0 spiro atoms. The molecule has 2 aromatic carbocycles. The molecule has 0 aliphatic carbocycles.